The van der Waals surface area contributed by atoms with Crippen molar-refractivity contribution in [2.24, 2.45) is 16.9 Å². The zero-order valence-electron chi connectivity index (χ0n) is 20.2. The number of anilines is 1. The number of carbonyl (C=O) groups excluding carboxylic acids is 2. The number of nitrogens with zero attached hydrogens (tertiary/aromatic N) is 3. The maximum atomic E-state index is 13.5. The number of unbranched alkanes of at least 4 members (excludes halogenated alkanes) is 1. The summed E-state index contributed by atoms with van der Waals surface area (Å²) in [6.45, 7) is 1.28. The second kappa shape index (κ2) is 11.2. The molecule has 2 amide bonds. The topological polar surface area (TPSA) is 65.0 Å². The lowest BCUT2D eigenvalue weighted by molar-refractivity contribution is -0.136. The van der Waals surface area contributed by atoms with Crippen LogP contribution in [-0.4, -0.2) is 48.1 Å². The van der Waals surface area contributed by atoms with E-state index in [0.717, 1.165) is 41.9 Å². The molecular formula is C28H31FN4O2. The first-order chi connectivity index (χ1) is 16.9. The molecular weight excluding hydrogens is 443 g/mol. The first-order valence-electron chi connectivity index (χ1n) is 11.9. The largest absolute Gasteiger partial charge is 0.326 e. The fourth-order valence-electron chi connectivity index (χ4n) is 4.31. The highest BCUT2D eigenvalue weighted by Gasteiger charge is 2.38. The van der Waals surface area contributed by atoms with Crippen LogP contribution in [0.4, 0.5) is 10.1 Å². The molecule has 1 aliphatic heterocycles. The molecule has 0 aromatic heterocycles. The molecule has 2 aromatic carbocycles. The molecule has 0 saturated heterocycles. The number of carbonyl (C=O) groups is 2. The van der Waals surface area contributed by atoms with E-state index in [1.54, 1.807) is 12.1 Å². The zero-order valence-corrected chi connectivity index (χ0v) is 20.2. The minimum Gasteiger partial charge on any atom is -0.326 e. The number of hydrazone groups is 1. The summed E-state index contributed by atoms with van der Waals surface area (Å²) in [6.07, 6.45) is 9.98. The second-order valence-corrected chi connectivity index (χ2v) is 9.21. The molecule has 0 fully saturated rings. The van der Waals surface area contributed by atoms with Gasteiger partial charge in [0.1, 0.15) is 5.82 Å². The highest BCUT2D eigenvalue weighted by atomic mass is 19.1. The molecule has 2 aliphatic rings. The van der Waals surface area contributed by atoms with Gasteiger partial charge in [0.15, 0.2) is 0 Å². The Morgan fingerprint density at radius 2 is 1.69 bits per heavy atom. The van der Waals surface area contributed by atoms with E-state index in [4.69, 9.17) is 0 Å². The predicted octanol–water partition coefficient (Wildman–Crippen LogP) is 4.60. The quantitative estimate of drug-likeness (QED) is 0.540. The summed E-state index contributed by atoms with van der Waals surface area (Å²) in [6, 6.07) is 13.7. The number of benzene rings is 2. The van der Waals surface area contributed by atoms with Crippen molar-refractivity contribution in [3.05, 3.63) is 89.8 Å². The second-order valence-electron chi connectivity index (χ2n) is 9.21. The van der Waals surface area contributed by atoms with Crippen LogP contribution in [0.5, 0.6) is 0 Å². The molecule has 1 aliphatic carbocycles. The van der Waals surface area contributed by atoms with Crippen LogP contribution in [0.2, 0.25) is 0 Å². The lowest BCUT2D eigenvalue weighted by atomic mass is 9.80. The first kappa shape index (κ1) is 24.5. The van der Waals surface area contributed by atoms with Gasteiger partial charge in [-0.05, 0) is 68.9 Å². The van der Waals surface area contributed by atoms with Gasteiger partial charge >= 0.3 is 0 Å². The molecule has 1 N–H and O–H groups in total. The summed E-state index contributed by atoms with van der Waals surface area (Å²) >= 11 is 0. The summed E-state index contributed by atoms with van der Waals surface area (Å²) in [5.74, 6) is -0.904. The van der Waals surface area contributed by atoms with Crippen LogP contribution in [0.1, 0.15) is 30.4 Å². The minimum absolute atomic E-state index is 0.000522. The number of nitrogens with one attached hydrogen (secondary N) is 1. The van der Waals surface area contributed by atoms with Gasteiger partial charge in [-0.2, -0.15) is 5.10 Å². The Kier molecular flexibility index (Phi) is 7.87. The fraction of sp³-hybridized carbons (Fsp3) is 0.321. The standard InChI is InChI=1S/C28H31FN4O2/c1-32(2)18-6-5-9-26(34)30-23-16-10-20(11-17-23)19-33-28(35)25-8-4-3-7-24(25)27(31-33)21-12-14-22(29)15-13-21/h3-4,7-8,10-17,24-25H,5-6,9,18-19H2,1-2H3,(H,30,34). The monoisotopic (exact) mass is 474 g/mol. The third-order valence-corrected chi connectivity index (χ3v) is 6.19. The summed E-state index contributed by atoms with van der Waals surface area (Å²) in [7, 11) is 4.05. The van der Waals surface area contributed by atoms with Gasteiger partial charge in [0.2, 0.25) is 5.91 Å². The van der Waals surface area contributed by atoms with Crippen molar-refractivity contribution in [3.63, 3.8) is 0 Å². The average molecular weight is 475 g/mol. The van der Waals surface area contributed by atoms with E-state index in [1.165, 1.54) is 17.1 Å². The Morgan fingerprint density at radius 3 is 2.37 bits per heavy atom. The molecule has 2 unspecified atom stereocenters. The Balaban J connectivity index is 1.44. The number of amides is 2. The minimum atomic E-state index is -0.344. The molecule has 0 saturated carbocycles. The van der Waals surface area contributed by atoms with Gasteiger partial charge in [-0.15, -0.1) is 0 Å². The normalized spacial score (nSPS) is 19.0. The van der Waals surface area contributed by atoms with Crippen LogP contribution in [0.3, 0.4) is 0 Å². The molecule has 0 spiro atoms. The third-order valence-electron chi connectivity index (χ3n) is 6.19. The van der Waals surface area contributed by atoms with E-state index in [-0.39, 0.29) is 29.5 Å². The number of fused-ring (bicyclic) bond motifs is 1. The lowest BCUT2D eigenvalue weighted by Crippen LogP contribution is -2.43. The van der Waals surface area contributed by atoms with Crippen LogP contribution in [0.15, 0.2) is 77.9 Å². The molecule has 4 rings (SSSR count). The van der Waals surface area contributed by atoms with Gasteiger partial charge in [0, 0.05) is 18.0 Å². The summed E-state index contributed by atoms with van der Waals surface area (Å²) in [5, 5.41) is 9.11. The van der Waals surface area contributed by atoms with E-state index < -0.39 is 0 Å². The molecule has 2 atom stereocenters. The van der Waals surface area contributed by atoms with Crippen LogP contribution in [0, 0.1) is 17.7 Å². The maximum Gasteiger partial charge on any atom is 0.250 e. The summed E-state index contributed by atoms with van der Waals surface area (Å²) < 4.78 is 13.5. The molecule has 6 nitrogen and oxygen atoms in total. The molecule has 2 aromatic rings. The van der Waals surface area contributed by atoms with E-state index in [1.807, 2.05) is 62.7 Å². The van der Waals surface area contributed by atoms with Crippen molar-refractivity contribution in [1.82, 2.24) is 9.91 Å². The van der Waals surface area contributed by atoms with E-state index in [0.29, 0.717) is 13.0 Å². The molecule has 1 heterocycles. The molecule has 182 valence electrons. The SMILES string of the molecule is CN(C)CCCCC(=O)Nc1ccc(CN2N=C(c3ccc(F)cc3)C3C=CC=CC3C2=O)cc1. The van der Waals surface area contributed by atoms with Crippen LogP contribution in [-0.2, 0) is 16.1 Å². The fourth-order valence-corrected chi connectivity index (χ4v) is 4.31. The highest BCUT2D eigenvalue weighted by molar-refractivity contribution is 6.08. The number of allylic oxidation sites excluding steroid dienone is 3. The van der Waals surface area contributed by atoms with Gasteiger partial charge in [-0.25, -0.2) is 9.40 Å². The van der Waals surface area contributed by atoms with Gasteiger partial charge in [-0.1, -0.05) is 48.6 Å². The zero-order chi connectivity index (χ0) is 24.8. The van der Waals surface area contributed by atoms with Crippen molar-refractivity contribution in [2.45, 2.75) is 25.8 Å². The predicted molar refractivity (Wildman–Crippen MR) is 136 cm³/mol. The van der Waals surface area contributed by atoms with Crippen LogP contribution < -0.4 is 5.32 Å². The Bertz CT molecular complexity index is 1140. The maximum absolute atomic E-state index is 13.5. The average Bonchev–Trinajstić information content (AvgIpc) is 2.85. The van der Waals surface area contributed by atoms with Crippen molar-refractivity contribution >= 4 is 23.2 Å². The molecule has 0 radical (unpaired) electrons. The summed E-state index contributed by atoms with van der Waals surface area (Å²) in [4.78, 5) is 27.5. The molecule has 35 heavy (non-hydrogen) atoms. The van der Waals surface area contributed by atoms with Gasteiger partial charge in [0.25, 0.3) is 5.91 Å². The smallest absolute Gasteiger partial charge is 0.250 e. The number of hydrogen-bond acceptors (Lipinski definition) is 4. The first-order valence-corrected chi connectivity index (χ1v) is 11.9. The third kappa shape index (κ3) is 6.31. The van der Waals surface area contributed by atoms with E-state index in [9.17, 15) is 14.0 Å². The van der Waals surface area contributed by atoms with Crippen molar-refractivity contribution in [2.75, 3.05) is 26.0 Å². The van der Waals surface area contributed by atoms with Crippen molar-refractivity contribution < 1.29 is 14.0 Å². The molecule has 7 heteroatoms. The number of halogens is 1. The number of hydrogen-bond donors (Lipinski definition) is 1. The van der Waals surface area contributed by atoms with Crippen LogP contribution >= 0.6 is 0 Å². The Morgan fingerprint density at radius 1 is 1.00 bits per heavy atom. The Hall–Kier alpha value is -3.58. The van der Waals surface area contributed by atoms with Crippen LogP contribution in [0.25, 0.3) is 0 Å². The Labute approximate surface area is 205 Å². The highest BCUT2D eigenvalue weighted by Crippen LogP contribution is 2.31. The van der Waals surface area contributed by atoms with E-state index in [2.05, 4.69) is 15.3 Å². The van der Waals surface area contributed by atoms with Gasteiger partial charge in [-0.3, -0.25) is 9.59 Å². The van der Waals surface area contributed by atoms with Gasteiger partial charge in [0.05, 0.1) is 18.2 Å². The van der Waals surface area contributed by atoms with Crippen molar-refractivity contribution in [3.8, 4) is 0 Å². The number of rotatable bonds is 9. The molecule has 0 bridgehead atoms. The van der Waals surface area contributed by atoms with Gasteiger partial charge < -0.3 is 10.2 Å². The van der Waals surface area contributed by atoms with E-state index >= 15 is 0 Å². The van der Waals surface area contributed by atoms with Crippen molar-refractivity contribution in [1.29, 1.82) is 0 Å². The summed E-state index contributed by atoms with van der Waals surface area (Å²) in [5.41, 5.74) is 3.17. The lowest BCUT2D eigenvalue weighted by Gasteiger charge is -2.34.